The average Bonchev–Trinajstić information content (AvgIpc) is 3.12. The molecule has 0 saturated carbocycles. The van der Waals surface area contributed by atoms with Crippen LogP contribution in [0.4, 0.5) is 0 Å². The minimum Gasteiger partial charge on any atom is -0.481 e. The third-order valence-electron chi connectivity index (χ3n) is 4.06. The summed E-state index contributed by atoms with van der Waals surface area (Å²) in [6.45, 7) is 3.85. The Balaban J connectivity index is 1.63. The van der Waals surface area contributed by atoms with Gasteiger partial charge in [-0.2, -0.15) is 4.98 Å². The van der Waals surface area contributed by atoms with E-state index in [-0.39, 0.29) is 12.5 Å². The molecule has 0 aliphatic carbocycles. The first kappa shape index (κ1) is 18.9. The van der Waals surface area contributed by atoms with E-state index in [1.54, 1.807) is 26.1 Å². The van der Waals surface area contributed by atoms with Crippen molar-refractivity contribution in [3.05, 3.63) is 65.0 Å². The third-order valence-corrected chi connectivity index (χ3v) is 4.32. The van der Waals surface area contributed by atoms with Gasteiger partial charge in [0.2, 0.25) is 11.7 Å². The summed E-state index contributed by atoms with van der Waals surface area (Å²) in [7, 11) is 1.67. The number of rotatable bonds is 6. The Labute approximate surface area is 162 Å². The van der Waals surface area contributed by atoms with Gasteiger partial charge in [0, 0.05) is 17.6 Å². The van der Waals surface area contributed by atoms with Crippen LogP contribution >= 0.6 is 11.6 Å². The van der Waals surface area contributed by atoms with Gasteiger partial charge >= 0.3 is 0 Å². The van der Waals surface area contributed by atoms with Gasteiger partial charge in [0.15, 0.2) is 6.10 Å². The number of aryl methyl sites for hydroxylation is 1. The van der Waals surface area contributed by atoms with E-state index in [0.717, 1.165) is 11.1 Å². The first-order valence-corrected chi connectivity index (χ1v) is 8.87. The topological polar surface area (TPSA) is 68.5 Å². The van der Waals surface area contributed by atoms with Crippen molar-refractivity contribution in [1.29, 1.82) is 0 Å². The SMILES string of the molecule is Cc1ccccc1O[C@H](C)C(=O)N(C)Cc1nc(-c2ccc(Cl)cc2)no1. The minimum atomic E-state index is -0.630. The number of ether oxygens (including phenoxy) is 1. The predicted molar refractivity (Wildman–Crippen MR) is 102 cm³/mol. The number of aromatic nitrogens is 2. The second-order valence-corrected chi connectivity index (χ2v) is 6.67. The highest BCUT2D eigenvalue weighted by molar-refractivity contribution is 6.30. The molecule has 1 aromatic heterocycles. The second kappa shape index (κ2) is 8.22. The number of halogens is 1. The van der Waals surface area contributed by atoms with E-state index in [1.165, 1.54) is 4.90 Å². The van der Waals surface area contributed by atoms with Crippen LogP contribution in [0.5, 0.6) is 5.75 Å². The van der Waals surface area contributed by atoms with Gasteiger partial charge in [-0.05, 0) is 49.7 Å². The fourth-order valence-electron chi connectivity index (χ4n) is 2.56. The average molecular weight is 386 g/mol. The summed E-state index contributed by atoms with van der Waals surface area (Å²) in [5.41, 5.74) is 1.77. The molecule has 6 nitrogen and oxygen atoms in total. The van der Waals surface area contributed by atoms with Gasteiger partial charge in [0.05, 0.1) is 6.54 Å². The molecule has 1 atom stereocenters. The smallest absolute Gasteiger partial charge is 0.263 e. The van der Waals surface area contributed by atoms with Crippen molar-refractivity contribution in [3.63, 3.8) is 0 Å². The molecule has 2 aromatic carbocycles. The van der Waals surface area contributed by atoms with Crippen LogP contribution in [0.2, 0.25) is 5.02 Å². The quantitative estimate of drug-likeness (QED) is 0.638. The van der Waals surface area contributed by atoms with E-state index in [1.807, 2.05) is 43.3 Å². The Morgan fingerprint density at radius 1 is 1.22 bits per heavy atom. The number of hydrogen-bond donors (Lipinski definition) is 0. The van der Waals surface area contributed by atoms with Gasteiger partial charge in [-0.25, -0.2) is 0 Å². The Kier molecular flexibility index (Phi) is 5.76. The van der Waals surface area contributed by atoms with Crippen LogP contribution in [0.15, 0.2) is 53.1 Å². The molecule has 7 heteroatoms. The van der Waals surface area contributed by atoms with Crippen molar-refractivity contribution in [3.8, 4) is 17.1 Å². The van der Waals surface area contributed by atoms with Crippen molar-refractivity contribution in [2.45, 2.75) is 26.5 Å². The third kappa shape index (κ3) is 4.65. The van der Waals surface area contributed by atoms with Crippen LogP contribution in [0, 0.1) is 6.92 Å². The number of likely N-dealkylation sites (N-methyl/N-ethyl adjacent to an activating group) is 1. The number of benzene rings is 2. The summed E-state index contributed by atoms with van der Waals surface area (Å²) >= 11 is 5.89. The van der Waals surface area contributed by atoms with E-state index in [4.69, 9.17) is 20.9 Å². The van der Waals surface area contributed by atoms with Crippen molar-refractivity contribution in [2.75, 3.05) is 7.05 Å². The number of carbonyl (C=O) groups is 1. The molecule has 1 heterocycles. The Bertz CT molecular complexity index is 924. The zero-order valence-corrected chi connectivity index (χ0v) is 16.1. The number of para-hydroxylation sites is 1. The fraction of sp³-hybridized carbons (Fsp3) is 0.250. The van der Waals surface area contributed by atoms with Gasteiger partial charge in [-0.15, -0.1) is 0 Å². The van der Waals surface area contributed by atoms with E-state index >= 15 is 0 Å². The fourth-order valence-corrected chi connectivity index (χ4v) is 2.68. The van der Waals surface area contributed by atoms with Gasteiger partial charge in [0.1, 0.15) is 5.75 Å². The highest BCUT2D eigenvalue weighted by atomic mass is 35.5. The van der Waals surface area contributed by atoms with Crippen LogP contribution in [0.25, 0.3) is 11.4 Å². The molecular formula is C20H20ClN3O3. The Morgan fingerprint density at radius 2 is 1.93 bits per heavy atom. The monoisotopic (exact) mass is 385 g/mol. The Morgan fingerprint density at radius 3 is 2.63 bits per heavy atom. The zero-order valence-electron chi connectivity index (χ0n) is 15.3. The maximum atomic E-state index is 12.6. The van der Waals surface area contributed by atoms with Crippen molar-refractivity contribution < 1.29 is 14.1 Å². The maximum Gasteiger partial charge on any atom is 0.263 e. The molecule has 0 fully saturated rings. The van der Waals surface area contributed by atoms with E-state index in [2.05, 4.69) is 10.1 Å². The normalized spacial score (nSPS) is 11.9. The molecule has 140 valence electrons. The lowest BCUT2D eigenvalue weighted by molar-refractivity contribution is -0.137. The molecule has 0 spiro atoms. The molecular weight excluding hydrogens is 366 g/mol. The summed E-state index contributed by atoms with van der Waals surface area (Å²) in [4.78, 5) is 18.4. The van der Waals surface area contributed by atoms with Gasteiger partial charge < -0.3 is 14.2 Å². The molecule has 0 aliphatic heterocycles. The molecule has 27 heavy (non-hydrogen) atoms. The zero-order chi connectivity index (χ0) is 19.4. The first-order valence-electron chi connectivity index (χ1n) is 8.50. The number of hydrogen-bond acceptors (Lipinski definition) is 5. The molecule has 3 rings (SSSR count). The summed E-state index contributed by atoms with van der Waals surface area (Å²) in [5, 5.41) is 4.59. The van der Waals surface area contributed by atoms with Crippen LogP contribution in [-0.4, -0.2) is 34.1 Å². The molecule has 0 unspecified atom stereocenters. The molecule has 0 N–H and O–H groups in total. The molecule has 0 bridgehead atoms. The lowest BCUT2D eigenvalue weighted by Crippen LogP contribution is -2.37. The van der Waals surface area contributed by atoms with E-state index in [0.29, 0.717) is 22.5 Å². The van der Waals surface area contributed by atoms with Crippen LogP contribution in [0.1, 0.15) is 18.4 Å². The van der Waals surface area contributed by atoms with E-state index in [9.17, 15) is 4.79 Å². The maximum absolute atomic E-state index is 12.6. The Hall–Kier alpha value is -2.86. The van der Waals surface area contributed by atoms with Gasteiger partial charge in [0.25, 0.3) is 5.91 Å². The summed E-state index contributed by atoms with van der Waals surface area (Å²) < 4.78 is 11.0. The standard InChI is InChI=1S/C20H20ClN3O3/c1-13-6-4-5-7-17(13)26-14(2)20(25)24(3)12-18-22-19(23-27-18)15-8-10-16(21)11-9-15/h4-11,14H,12H2,1-3H3/t14-/m1/s1. The summed E-state index contributed by atoms with van der Waals surface area (Å²) in [6, 6.07) is 14.7. The van der Waals surface area contributed by atoms with Crippen molar-refractivity contribution >= 4 is 17.5 Å². The number of carbonyl (C=O) groups excluding carboxylic acids is 1. The molecule has 0 saturated heterocycles. The molecule has 1 amide bonds. The first-order chi connectivity index (χ1) is 12.9. The summed E-state index contributed by atoms with van der Waals surface area (Å²) in [6.07, 6.45) is -0.630. The second-order valence-electron chi connectivity index (χ2n) is 6.24. The number of nitrogens with zero attached hydrogens (tertiary/aromatic N) is 3. The molecule has 3 aromatic rings. The summed E-state index contributed by atoms with van der Waals surface area (Å²) in [5.74, 6) is 1.31. The van der Waals surface area contributed by atoms with Gasteiger partial charge in [-0.1, -0.05) is 35.0 Å². The number of amides is 1. The minimum absolute atomic E-state index is 0.176. The van der Waals surface area contributed by atoms with Crippen molar-refractivity contribution in [1.82, 2.24) is 15.0 Å². The van der Waals surface area contributed by atoms with E-state index < -0.39 is 6.10 Å². The highest BCUT2D eigenvalue weighted by Gasteiger charge is 2.22. The largest absolute Gasteiger partial charge is 0.481 e. The van der Waals surface area contributed by atoms with Gasteiger partial charge in [-0.3, -0.25) is 4.79 Å². The van der Waals surface area contributed by atoms with Crippen LogP contribution in [-0.2, 0) is 11.3 Å². The highest BCUT2D eigenvalue weighted by Crippen LogP contribution is 2.20. The predicted octanol–water partition coefficient (Wildman–Crippen LogP) is 4.12. The van der Waals surface area contributed by atoms with Crippen LogP contribution in [0.3, 0.4) is 0 Å². The van der Waals surface area contributed by atoms with Crippen LogP contribution < -0.4 is 4.74 Å². The lowest BCUT2D eigenvalue weighted by atomic mass is 10.2. The molecule has 0 radical (unpaired) electrons. The van der Waals surface area contributed by atoms with Crippen molar-refractivity contribution in [2.24, 2.45) is 0 Å². The molecule has 0 aliphatic rings. The lowest BCUT2D eigenvalue weighted by Gasteiger charge is -2.21.